The van der Waals surface area contributed by atoms with E-state index in [4.69, 9.17) is 4.74 Å². The lowest BCUT2D eigenvalue weighted by Gasteiger charge is -2.57. The Bertz CT molecular complexity index is 900. The van der Waals surface area contributed by atoms with Gasteiger partial charge in [-0.1, -0.05) is 0 Å². The van der Waals surface area contributed by atoms with Crippen LogP contribution in [0.25, 0.3) is 0 Å². The number of imide groups is 1. The Morgan fingerprint density at radius 1 is 1.00 bits per heavy atom. The fourth-order valence-electron chi connectivity index (χ4n) is 7.40. The Labute approximate surface area is 182 Å². The number of carbonyl (C=O) groups is 3. The summed E-state index contributed by atoms with van der Waals surface area (Å²) in [6, 6.07) is 6.45. The van der Waals surface area contributed by atoms with Crippen molar-refractivity contribution in [3.63, 3.8) is 0 Å². The number of benzene rings is 1. The molecule has 0 spiro atoms. The van der Waals surface area contributed by atoms with Crippen LogP contribution >= 0.6 is 0 Å². The van der Waals surface area contributed by atoms with Crippen LogP contribution in [0.1, 0.15) is 57.8 Å². The second-order valence-electron chi connectivity index (χ2n) is 10.6. The summed E-state index contributed by atoms with van der Waals surface area (Å²) in [6.07, 6.45) is 8.77. The Balaban J connectivity index is 1.29. The lowest BCUT2D eigenvalue weighted by atomic mass is 9.49. The first-order valence-electron chi connectivity index (χ1n) is 11.8. The Morgan fingerprint density at radius 2 is 1.58 bits per heavy atom. The van der Waals surface area contributed by atoms with Gasteiger partial charge in [-0.15, -0.1) is 0 Å². The average molecular weight is 423 g/mol. The fourth-order valence-corrected chi connectivity index (χ4v) is 7.40. The van der Waals surface area contributed by atoms with Crippen LogP contribution in [0.4, 0.5) is 5.69 Å². The van der Waals surface area contributed by atoms with Crippen LogP contribution in [0.5, 0.6) is 5.75 Å². The van der Waals surface area contributed by atoms with Gasteiger partial charge in [0.25, 0.3) is 5.91 Å². The van der Waals surface area contributed by atoms with Crippen molar-refractivity contribution in [1.29, 1.82) is 0 Å². The van der Waals surface area contributed by atoms with E-state index >= 15 is 0 Å². The molecular formula is C25H30N2O4. The zero-order chi connectivity index (χ0) is 21.3. The molecule has 1 aromatic carbocycles. The average Bonchev–Trinajstić information content (AvgIpc) is 3.53. The molecule has 6 fully saturated rings. The van der Waals surface area contributed by atoms with Crippen molar-refractivity contribution in [1.82, 2.24) is 4.90 Å². The second-order valence-corrected chi connectivity index (χ2v) is 10.6. The number of anilines is 1. The molecule has 31 heavy (non-hydrogen) atoms. The molecule has 1 unspecified atom stereocenters. The van der Waals surface area contributed by atoms with Crippen LogP contribution in [-0.4, -0.2) is 41.8 Å². The molecule has 4 bridgehead atoms. The molecule has 7 rings (SSSR count). The normalized spacial score (nSPS) is 36.2. The van der Waals surface area contributed by atoms with Gasteiger partial charge in [0.15, 0.2) is 0 Å². The minimum Gasteiger partial charge on any atom is -0.497 e. The summed E-state index contributed by atoms with van der Waals surface area (Å²) in [7, 11) is 1.58. The van der Waals surface area contributed by atoms with Crippen LogP contribution in [0.15, 0.2) is 24.3 Å². The number of hydrogen-bond acceptors (Lipinski definition) is 4. The molecule has 0 aromatic heterocycles. The van der Waals surface area contributed by atoms with Gasteiger partial charge in [-0.05, 0) is 93.4 Å². The van der Waals surface area contributed by atoms with Gasteiger partial charge in [0, 0.05) is 6.04 Å². The molecule has 6 heteroatoms. The summed E-state index contributed by atoms with van der Waals surface area (Å²) in [4.78, 5) is 43.6. The first-order chi connectivity index (χ1) is 15.0. The third-order valence-corrected chi connectivity index (χ3v) is 8.46. The molecule has 1 heterocycles. The predicted molar refractivity (Wildman–Crippen MR) is 114 cm³/mol. The van der Waals surface area contributed by atoms with E-state index < -0.39 is 6.04 Å². The fraction of sp³-hybridized carbons (Fsp3) is 0.640. The molecule has 6 aliphatic rings. The number of amides is 3. The highest BCUT2D eigenvalue weighted by Crippen LogP contribution is 2.61. The van der Waals surface area contributed by atoms with E-state index in [0.29, 0.717) is 29.2 Å². The molecule has 164 valence electrons. The van der Waals surface area contributed by atoms with Crippen molar-refractivity contribution in [2.24, 2.45) is 23.2 Å². The predicted octanol–water partition coefficient (Wildman–Crippen LogP) is 3.53. The van der Waals surface area contributed by atoms with Crippen molar-refractivity contribution < 1.29 is 19.1 Å². The van der Waals surface area contributed by atoms with E-state index in [1.807, 2.05) is 4.90 Å². The zero-order valence-corrected chi connectivity index (χ0v) is 18.1. The summed E-state index contributed by atoms with van der Waals surface area (Å²) in [5, 5.41) is 0. The van der Waals surface area contributed by atoms with E-state index in [2.05, 4.69) is 0 Å². The Hall–Kier alpha value is -2.37. The number of rotatable bonds is 5. The smallest absolute Gasteiger partial charge is 0.257 e. The maximum atomic E-state index is 14.1. The third kappa shape index (κ3) is 3.01. The maximum absolute atomic E-state index is 14.1. The monoisotopic (exact) mass is 422 g/mol. The zero-order valence-electron chi connectivity index (χ0n) is 18.1. The first-order valence-corrected chi connectivity index (χ1v) is 11.8. The number of hydrogen-bond donors (Lipinski definition) is 0. The Morgan fingerprint density at radius 3 is 2.10 bits per heavy atom. The van der Waals surface area contributed by atoms with Gasteiger partial charge < -0.3 is 9.64 Å². The Kier molecular flexibility index (Phi) is 4.25. The first kappa shape index (κ1) is 19.3. The summed E-state index contributed by atoms with van der Waals surface area (Å²) in [5.41, 5.74) is 0.269. The van der Waals surface area contributed by atoms with Crippen molar-refractivity contribution in [3.8, 4) is 5.75 Å². The number of nitrogens with zero attached hydrogens (tertiary/aromatic N) is 2. The lowest BCUT2D eigenvalue weighted by molar-refractivity contribution is -0.162. The van der Waals surface area contributed by atoms with Gasteiger partial charge in [0.05, 0.1) is 24.6 Å². The minimum absolute atomic E-state index is 0.0967. The third-order valence-electron chi connectivity index (χ3n) is 8.46. The minimum atomic E-state index is -0.650. The largest absolute Gasteiger partial charge is 0.497 e. The van der Waals surface area contributed by atoms with Gasteiger partial charge in [-0.2, -0.15) is 0 Å². The molecule has 0 radical (unpaired) electrons. The van der Waals surface area contributed by atoms with Crippen LogP contribution in [0, 0.1) is 23.2 Å². The van der Waals surface area contributed by atoms with Gasteiger partial charge in [0.1, 0.15) is 11.8 Å². The van der Waals surface area contributed by atoms with Crippen LogP contribution < -0.4 is 9.64 Å². The van der Waals surface area contributed by atoms with Gasteiger partial charge in [0.2, 0.25) is 11.8 Å². The summed E-state index contributed by atoms with van der Waals surface area (Å²) < 4.78 is 5.19. The standard InChI is InChI=1S/C25H30N2O4/c1-31-20-6-4-19(5-7-20)27-22(28)11-21(23(27)29)26(18-2-3-18)24(30)25-12-15-8-16(13-25)10-17(9-15)14-25/h4-7,15-18,21H,2-3,8-14H2,1H3. The highest BCUT2D eigenvalue weighted by atomic mass is 16.5. The molecule has 0 N–H and O–H groups in total. The molecule has 3 amide bonds. The number of carbonyl (C=O) groups excluding carboxylic acids is 3. The molecule has 6 nitrogen and oxygen atoms in total. The van der Waals surface area contributed by atoms with E-state index in [9.17, 15) is 14.4 Å². The quantitative estimate of drug-likeness (QED) is 0.681. The lowest BCUT2D eigenvalue weighted by Crippen LogP contribution is -2.58. The molecule has 1 aromatic rings. The van der Waals surface area contributed by atoms with E-state index in [1.165, 1.54) is 24.2 Å². The topological polar surface area (TPSA) is 66.9 Å². The van der Waals surface area contributed by atoms with Crippen molar-refractivity contribution in [2.75, 3.05) is 12.0 Å². The molecule has 1 aliphatic heterocycles. The van der Waals surface area contributed by atoms with Crippen LogP contribution in [-0.2, 0) is 14.4 Å². The van der Waals surface area contributed by atoms with Crippen molar-refractivity contribution in [2.45, 2.75) is 69.9 Å². The molecule has 1 atom stereocenters. The van der Waals surface area contributed by atoms with Crippen LogP contribution in [0.3, 0.4) is 0 Å². The summed E-state index contributed by atoms with van der Waals surface area (Å²) in [5.74, 6) is 2.41. The second kappa shape index (κ2) is 6.81. The molecule has 5 saturated carbocycles. The SMILES string of the molecule is COc1ccc(N2C(=O)CC(N(C(=O)C34CC5CC(CC(C5)C3)C4)C3CC3)C2=O)cc1. The molecule has 5 aliphatic carbocycles. The number of ether oxygens (including phenoxy) is 1. The summed E-state index contributed by atoms with van der Waals surface area (Å²) in [6.45, 7) is 0. The van der Waals surface area contributed by atoms with Gasteiger partial charge >= 0.3 is 0 Å². The summed E-state index contributed by atoms with van der Waals surface area (Å²) >= 11 is 0. The van der Waals surface area contributed by atoms with Gasteiger partial charge in [-0.3, -0.25) is 14.4 Å². The van der Waals surface area contributed by atoms with Crippen molar-refractivity contribution >= 4 is 23.4 Å². The van der Waals surface area contributed by atoms with E-state index in [-0.39, 0.29) is 35.6 Å². The van der Waals surface area contributed by atoms with Gasteiger partial charge in [-0.25, -0.2) is 4.90 Å². The van der Waals surface area contributed by atoms with Crippen LogP contribution in [0.2, 0.25) is 0 Å². The maximum Gasteiger partial charge on any atom is 0.257 e. The molecule has 1 saturated heterocycles. The van der Waals surface area contributed by atoms with Crippen molar-refractivity contribution in [3.05, 3.63) is 24.3 Å². The number of methoxy groups -OCH3 is 1. The van der Waals surface area contributed by atoms with E-state index in [1.54, 1.807) is 31.4 Å². The highest BCUT2D eigenvalue weighted by Gasteiger charge is 2.59. The molecular weight excluding hydrogens is 392 g/mol. The highest BCUT2D eigenvalue weighted by molar-refractivity contribution is 6.23. The van der Waals surface area contributed by atoms with E-state index in [0.717, 1.165) is 32.1 Å².